The van der Waals surface area contributed by atoms with Crippen molar-refractivity contribution in [3.8, 4) is 0 Å². The molecule has 0 aromatic carbocycles. The monoisotopic (exact) mass is 200 g/mol. The van der Waals surface area contributed by atoms with E-state index in [1.807, 2.05) is 12.1 Å². The van der Waals surface area contributed by atoms with Gasteiger partial charge in [-0.15, -0.1) is 0 Å². The second-order valence-corrected chi connectivity index (χ2v) is 3.74. The summed E-state index contributed by atoms with van der Waals surface area (Å²) in [6, 6.07) is 12.8. The molecule has 0 radical (unpaired) electrons. The van der Waals surface area contributed by atoms with Gasteiger partial charge in [-0.1, -0.05) is 12.1 Å². The number of aromatic nitrogens is 2. The molecular weight excluding hydrogens is 184 g/mol. The van der Waals surface area contributed by atoms with Crippen LogP contribution in [0.15, 0.2) is 61.2 Å². The van der Waals surface area contributed by atoms with Crippen LogP contribution in [0.25, 0.3) is 0 Å². The summed E-state index contributed by atoms with van der Waals surface area (Å²) in [5, 5.41) is 0. The van der Waals surface area contributed by atoms with Gasteiger partial charge in [0.25, 0.3) is 0 Å². The first-order valence-corrected chi connectivity index (χ1v) is 5.26. The Morgan fingerprint density at radius 2 is 1.33 bits per heavy atom. The van der Waals surface area contributed by atoms with Crippen LogP contribution in [0.1, 0.15) is 13.0 Å². The van der Waals surface area contributed by atoms with E-state index >= 15 is 0 Å². The Balaban J connectivity index is 2.08. The predicted molar refractivity (Wildman–Crippen MR) is 58.0 cm³/mol. The minimum absolute atomic E-state index is 0.471. The molecule has 1 atom stereocenters. The van der Waals surface area contributed by atoms with Crippen LogP contribution < -0.4 is 9.13 Å². The van der Waals surface area contributed by atoms with Gasteiger partial charge in [0.1, 0.15) is 0 Å². The quantitative estimate of drug-likeness (QED) is 0.664. The Labute approximate surface area is 90.4 Å². The van der Waals surface area contributed by atoms with Gasteiger partial charge in [-0.05, 0) is 0 Å². The number of hydrogen-bond donors (Lipinski definition) is 0. The fraction of sp³-hybridized carbons (Fsp3) is 0.231. The molecule has 0 amide bonds. The first-order valence-electron chi connectivity index (χ1n) is 5.26. The summed E-state index contributed by atoms with van der Waals surface area (Å²) in [5.41, 5.74) is 0. The molecule has 76 valence electrons. The maximum atomic E-state index is 2.22. The van der Waals surface area contributed by atoms with Crippen LogP contribution in [-0.4, -0.2) is 0 Å². The van der Waals surface area contributed by atoms with Gasteiger partial charge in [0.15, 0.2) is 24.8 Å². The van der Waals surface area contributed by atoms with Gasteiger partial charge in [-0.25, -0.2) is 0 Å². The summed E-state index contributed by atoms with van der Waals surface area (Å²) in [4.78, 5) is 0. The second-order valence-electron chi connectivity index (χ2n) is 3.74. The molecule has 2 rings (SSSR count). The van der Waals surface area contributed by atoms with Crippen LogP contribution in [0.2, 0.25) is 0 Å². The maximum Gasteiger partial charge on any atom is 0.213 e. The summed E-state index contributed by atoms with van der Waals surface area (Å²) >= 11 is 0. The van der Waals surface area contributed by atoms with Gasteiger partial charge in [-0.2, -0.15) is 9.13 Å². The van der Waals surface area contributed by atoms with E-state index in [0.717, 1.165) is 6.54 Å². The summed E-state index contributed by atoms with van der Waals surface area (Å²) in [6.45, 7) is 3.22. The van der Waals surface area contributed by atoms with Crippen LogP contribution >= 0.6 is 0 Å². The molecule has 15 heavy (non-hydrogen) atoms. The molecule has 0 aliphatic heterocycles. The standard InChI is InChI=1S/C13H16N2/c1-13(15-10-6-3-7-11-15)12-14-8-4-2-5-9-14/h2-11,13H,12H2,1H3/q+2. The van der Waals surface area contributed by atoms with Crippen molar-refractivity contribution in [3.05, 3.63) is 61.2 Å². The van der Waals surface area contributed by atoms with Crippen molar-refractivity contribution in [2.45, 2.75) is 19.5 Å². The third kappa shape index (κ3) is 2.62. The fourth-order valence-corrected chi connectivity index (χ4v) is 1.66. The lowest BCUT2D eigenvalue weighted by Crippen LogP contribution is -2.46. The van der Waals surface area contributed by atoms with Crippen molar-refractivity contribution in [2.24, 2.45) is 0 Å². The maximum absolute atomic E-state index is 2.22. The summed E-state index contributed by atoms with van der Waals surface area (Å²) in [6.07, 6.45) is 8.41. The highest BCUT2D eigenvalue weighted by molar-refractivity contribution is 4.84. The molecule has 0 aliphatic rings. The highest BCUT2D eigenvalue weighted by Crippen LogP contribution is 1.93. The highest BCUT2D eigenvalue weighted by Gasteiger charge is 2.15. The minimum Gasteiger partial charge on any atom is -0.198 e. The van der Waals surface area contributed by atoms with Gasteiger partial charge in [0.05, 0.1) is 0 Å². The van der Waals surface area contributed by atoms with E-state index < -0.39 is 0 Å². The molecule has 0 saturated carbocycles. The Hall–Kier alpha value is -1.70. The largest absolute Gasteiger partial charge is 0.213 e. The van der Waals surface area contributed by atoms with Crippen molar-refractivity contribution in [1.29, 1.82) is 0 Å². The molecule has 2 heteroatoms. The molecule has 0 aliphatic carbocycles. The van der Waals surface area contributed by atoms with E-state index in [0.29, 0.717) is 6.04 Å². The summed E-state index contributed by atoms with van der Waals surface area (Å²) in [7, 11) is 0. The van der Waals surface area contributed by atoms with Gasteiger partial charge in [0.2, 0.25) is 12.6 Å². The zero-order valence-electron chi connectivity index (χ0n) is 8.95. The SMILES string of the molecule is CC(C[n+]1ccccc1)[n+]1ccccc1. The molecule has 0 N–H and O–H groups in total. The van der Waals surface area contributed by atoms with Crippen molar-refractivity contribution in [2.75, 3.05) is 0 Å². The van der Waals surface area contributed by atoms with Crippen molar-refractivity contribution < 1.29 is 9.13 Å². The first-order chi connectivity index (χ1) is 7.36. The summed E-state index contributed by atoms with van der Waals surface area (Å²) in [5.74, 6) is 0. The van der Waals surface area contributed by atoms with Gasteiger partial charge in [0, 0.05) is 31.2 Å². The topological polar surface area (TPSA) is 7.76 Å². The van der Waals surface area contributed by atoms with Crippen LogP contribution in [0, 0.1) is 0 Å². The zero-order chi connectivity index (χ0) is 10.5. The van der Waals surface area contributed by atoms with E-state index in [1.165, 1.54) is 0 Å². The van der Waals surface area contributed by atoms with E-state index in [9.17, 15) is 0 Å². The number of hydrogen-bond acceptors (Lipinski definition) is 0. The van der Waals surface area contributed by atoms with Gasteiger partial charge < -0.3 is 0 Å². The molecule has 1 unspecified atom stereocenters. The molecule has 2 nitrogen and oxygen atoms in total. The third-order valence-corrected chi connectivity index (χ3v) is 2.50. The normalized spacial score (nSPS) is 12.3. The van der Waals surface area contributed by atoms with E-state index in [1.54, 1.807) is 0 Å². The van der Waals surface area contributed by atoms with Crippen LogP contribution in [-0.2, 0) is 6.54 Å². The highest BCUT2D eigenvalue weighted by atomic mass is 15.0. The lowest BCUT2D eigenvalue weighted by atomic mass is 10.3. The van der Waals surface area contributed by atoms with Crippen LogP contribution in [0.3, 0.4) is 0 Å². The summed E-state index contributed by atoms with van der Waals surface area (Å²) < 4.78 is 4.42. The predicted octanol–water partition coefficient (Wildman–Crippen LogP) is 1.52. The molecule has 0 spiro atoms. The molecule has 0 fully saturated rings. The molecule has 2 heterocycles. The lowest BCUT2D eigenvalue weighted by Gasteiger charge is -2.02. The molecule has 0 bridgehead atoms. The molecule has 0 saturated heterocycles. The van der Waals surface area contributed by atoms with Crippen molar-refractivity contribution in [3.63, 3.8) is 0 Å². The Bertz CT molecular complexity index is 397. The molecule has 2 aromatic heterocycles. The molecular formula is C13H16N2+2. The Morgan fingerprint density at radius 3 is 1.93 bits per heavy atom. The van der Waals surface area contributed by atoms with Crippen LogP contribution in [0.4, 0.5) is 0 Å². The second kappa shape index (κ2) is 4.69. The van der Waals surface area contributed by atoms with E-state index in [2.05, 4.69) is 65.1 Å². The van der Waals surface area contributed by atoms with E-state index in [4.69, 9.17) is 0 Å². The fourth-order valence-electron chi connectivity index (χ4n) is 1.66. The number of rotatable bonds is 3. The smallest absolute Gasteiger partial charge is 0.198 e. The molecule has 2 aromatic rings. The van der Waals surface area contributed by atoms with Gasteiger partial charge in [-0.3, -0.25) is 0 Å². The van der Waals surface area contributed by atoms with Crippen LogP contribution in [0.5, 0.6) is 0 Å². The zero-order valence-corrected chi connectivity index (χ0v) is 8.95. The lowest BCUT2D eigenvalue weighted by molar-refractivity contribution is -0.795. The Morgan fingerprint density at radius 1 is 0.800 bits per heavy atom. The minimum atomic E-state index is 0.471. The number of nitrogens with zero attached hydrogens (tertiary/aromatic N) is 2. The van der Waals surface area contributed by atoms with Gasteiger partial charge >= 0.3 is 0 Å². The third-order valence-electron chi connectivity index (χ3n) is 2.50. The Kier molecular flexibility index (Phi) is 3.08. The number of pyridine rings is 2. The average Bonchev–Trinajstić information content (AvgIpc) is 2.31. The van der Waals surface area contributed by atoms with E-state index in [-0.39, 0.29) is 0 Å². The van der Waals surface area contributed by atoms with Crippen molar-refractivity contribution in [1.82, 2.24) is 0 Å². The first kappa shape index (κ1) is 9.84. The average molecular weight is 200 g/mol. The van der Waals surface area contributed by atoms with Crippen molar-refractivity contribution >= 4 is 0 Å².